The number of nitrogens with one attached hydrogen (secondary N) is 2. The Bertz CT molecular complexity index is 495. The number of carbonyl (C=O) groups excluding carboxylic acids is 1. The number of rotatable bonds is 2. The zero-order chi connectivity index (χ0) is 14.0. The van der Waals surface area contributed by atoms with E-state index in [0.29, 0.717) is 5.56 Å². The maximum atomic E-state index is 12.2. The van der Waals surface area contributed by atoms with Gasteiger partial charge in [0, 0.05) is 11.1 Å². The highest BCUT2D eigenvalue weighted by Gasteiger charge is 2.19. The summed E-state index contributed by atoms with van der Waals surface area (Å²) in [6, 6.07) is 3.73. The largest absolute Gasteiger partial charge is 0.493 e. The lowest BCUT2D eigenvalue weighted by Gasteiger charge is -2.23. The van der Waals surface area contributed by atoms with Gasteiger partial charge in [0.2, 0.25) is 0 Å². The second-order valence-electron chi connectivity index (χ2n) is 6.00. The quantitative estimate of drug-likeness (QED) is 0.826. The lowest BCUT2D eigenvalue weighted by molar-refractivity contribution is 0.0913. The molecule has 1 aromatic rings. The van der Waals surface area contributed by atoms with Gasteiger partial charge in [0.25, 0.3) is 5.91 Å². The molecule has 1 heterocycles. The Hall–Kier alpha value is -1.26. The Morgan fingerprint density at radius 3 is 2.65 bits per heavy atom. The van der Waals surface area contributed by atoms with Crippen molar-refractivity contribution in [3.8, 4) is 5.75 Å². The third-order valence-corrected chi connectivity index (χ3v) is 3.18. The number of carbonyl (C=O) groups is 1. The van der Waals surface area contributed by atoms with Gasteiger partial charge in [-0.3, -0.25) is 10.2 Å². The molecule has 5 heteroatoms. The Morgan fingerprint density at radius 1 is 1.30 bits per heavy atom. The first-order valence-corrected chi connectivity index (χ1v) is 6.71. The minimum atomic E-state index is -0.152. The lowest BCUT2D eigenvalue weighted by Crippen LogP contribution is -2.48. The van der Waals surface area contributed by atoms with Gasteiger partial charge in [-0.25, -0.2) is 5.43 Å². The van der Waals surface area contributed by atoms with Gasteiger partial charge in [-0.15, -0.1) is 12.4 Å². The molecule has 1 amide bonds. The summed E-state index contributed by atoms with van der Waals surface area (Å²) in [6.45, 7) is 8.76. The summed E-state index contributed by atoms with van der Waals surface area (Å²) >= 11 is 0. The van der Waals surface area contributed by atoms with Crippen molar-refractivity contribution in [1.29, 1.82) is 0 Å². The van der Waals surface area contributed by atoms with E-state index < -0.39 is 0 Å². The molecule has 0 unspecified atom stereocenters. The van der Waals surface area contributed by atoms with Crippen LogP contribution < -0.4 is 15.6 Å². The Balaban J connectivity index is 0.00000200. The number of hydrogen-bond donors (Lipinski definition) is 2. The summed E-state index contributed by atoms with van der Waals surface area (Å²) in [5, 5.41) is 0. The predicted molar refractivity (Wildman–Crippen MR) is 82.6 cm³/mol. The second kappa shape index (κ2) is 6.46. The van der Waals surface area contributed by atoms with Gasteiger partial charge in [0.15, 0.2) is 0 Å². The molecule has 0 aliphatic carbocycles. The van der Waals surface area contributed by atoms with Crippen molar-refractivity contribution in [2.75, 3.05) is 6.61 Å². The van der Waals surface area contributed by atoms with E-state index in [1.54, 1.807) is 0 Å². The van der Waals surface area contributed by atoms with Crippen LogP contribution in [0.2, 0.25) is 0 Å². The first kappa shape index (κ1) is 16.8. The maximum Gasteiger partial charge on any atom is 0.265 e. The van der Waals surface area contributed by atoms with E-state index in [0.717, 1.165) is 36.3 Å². The molecule has 1 aliphatic heterocycles. The molecule has 2 rings (SSSR count). The lowest BCUT2D eigenvalue weighted by atomic mass is 9.96. The van der Waals surface area contributed by atoms with Gasteiger partial charge in [-0.05, 0) is 63.8 Å². The first-order chi connectivity index (χ1) is 8.88. The molecule has 0 fully saturated rings. The molecule has 0 spiro atoms. The number of fused-ring (bicyclic) bond motifs is 1. The third-order valence-electron chi connectivity index (χ3n) is 3.18. The predicted octanol–water partition coefficient (Wildman–Crippen LogP) is 2.77. The van der Waals surface area contributed by atoms with Gasteiger partial charge in [0.05, 0.1) is 6.61 Å². The van der Waals surface area contributed by atoms with E-state index >= 15 is 0 Å². The number of amides is 1. The summed E-state index contributed by atoms with van der Waals surface area (Å²) in [4.78, 5) is 12.2. The van der Waals surface area contributed by atoms with E-state index in [9.17, 15) is 4.79 Å². The van der Waals surface area contributed by atoms with Crippen LogP contribution in [0.15, 0.2) is 12.1 Å². The van der Waals surface area contributed by atoms with Crippen molar-refractivity contribution in [3.05, 3.63) is 28.8 Å². The molecule has 2 N–H and O–H groups in total. The fourth-order valence-corrected chi connectivity index (χ4v) is 2.17. The standard InChI is InChI=1S/C15H22N2O2.ClH/c1-10-11-6-5-9-19-13(11)8-7-12(10)14(18)16-17-15(2,3)4;/h7-8,17H,5-6,9H2,1-4H3,(H,16,18);1H. The van der Waals surface area contributed by atoms with Gasteiger partial charge < -0.3 is 4.74 Å². The normalized spacial score (nSPS) is 13.8. The third kappa shape index (κ3) is 3.87. The highest BCUT2D eigenvalue weighted by molar-refractivity contribution is 5.96. The fourth-order valence-electron chi connectivity index (χ4n) is 2.17. The van der Waals surface area contributed by atoms with Crippen molar-refractivity contribution < 1.29 is 9.53 Å². The van der Waals surface area contributed by atoms with Crippen molar-refractivity contribution in [3.63, 3.8) is 0 Å². The molecule has 20 heavy (non-hydrogen) atoms. The van der Waals surface area contributed by atoms with Gasteiger partial charge in [0.1, 0.15) is 5.75 Å². The van der Waals surface area contributed by atoms with E-state index in [4.69, 9.17) is 4.74 Å². The number of halogens is 1. The van der Waals surface area contributed by atoms with Gasteiger partial charge >= 0.3 is 0 Å². The van der Waals surface area contributed by atoms with Crippen LogP contribution in [-0.4, -0.2) is 18.1 Å². The summed E-state index contributed by atoms with van der Waals surface area (Å²) in [6.07, 6.45) is 1.99. The summed E-state index contributed by atoms with van der Waals surface area (Å²) < 4.78 is 5.61. The number of ether oxygens (including phenoxy) is 1. The molecular weight excluding hydrogens is 276 g/mol. The van der Waals surface area contributed by atoms with Crippen LogP contribution in [0.3, 0.4) is 0 Å². The Kier molecular flexibility index (Phi) is 5.42. The number of hydrogen-bond acceptors (Lipinski definition) is 3. The summed E-state index contributed by atoms with van der Waals surface area (Å²) in [7, 11) is 0. The van der Waals surface area contributed by atoms with Crippen LogP contribution in [0, 0.1) is 6.92 Å². The van der Waals surface area contributed by atoms with Crippen LogP contribution in [0.25, 0.3) is 0 Å². The van der Waals surface area contributed by atoms with E-state index in [2.05, 4.69) is 10.9 Å². The van der Waals surface area contributed by atoms with Crippen molar-refractivity contribution in [2.45, 2.75) is 46.1 Å². The number of hydrazine groups is 1. The van der Waals surface area contributed by atoms with Crippen LogP contribution in [0.5, 0.6) is 5.75 Å². The Morgan fingerprint density at radius 2 is 2.00 bits per heavy atom. The molecule has 1 aromatic carbocycles. The monoisotopic (exact) mass is 298 g/mol. The van der Waals surface area contributed by atoms with Crippen molar-refractivity contribution in [1.82, 2.24) is 10.9 Å². The highest BCUT2D eigenvalue weighted by atomic mass is 35.5. The maximum absolute atomic E-state index is 12.2. The first-order valence-electron chi connectivity index (χ1n) is 6.71. The summed E-state index contributed by atoms with van der Waals surface area (Å²) in [5.41, 5.74) is 8.49. The van der Waals surface area contributed by atoms with Crippen LogP contribution >= 0.6 is 12.4 Å². The molecule has 0 atom stereocenters. The molecule has 4 nitrogen and oxygen atoms in total. The molecule has 0 saturated heterocycles. The van der Waals surface area contributed by atoms with Crippen molar-refractivity contribution >= 4 is 18.3 Å². The number of benzene rings is 1. The van der Waals surface area contributed by atoms with E-state index in [1.807, 2.05) is 39.8 Å². The molecule has 1 aliphatic rings. The topological polar surface area (TPSA) is 50.4 Å². The minimum absolute atomic E-state index is 0. The Labute approximate surface area is 126 Å². The molecule has 112 valence electrons. The average Bonchev–Trinajstić information content (AvgIpc) is 2.36. The molecule has 0 aromatic heterocycles. The van der Waals surface area contributed by atoms with E-state index in [1.165, 1.54) is 0 Å². The minimum Gasteiger partial charge on any atom is -0.493 e. The zero-order valence-electron chi connectivity index (χ0n) is 12.5. The van der Waals surface area contributed by atoms with Crippen LogP contribution in [0.4, 0.5) is 0 Å². The zero-order valence-corrected chi connectivity index (χ0v) is 13.3. The SMILES string of the molecule is Cc1c(C(=O)NNC(C)(C)C)ccc2c1CCCO2.Cl. The van der Waals surface area contributed by atoms with Gasteiger partial charge in [-0.2, -0.15) is 0 Å². The summed E-state index contributed by atoms with van der Waals surface area (Å²) in [5.74, 6) is 0.824. The van der Waals surface area contributed by atoms with Crippen molar-refractivity contribution in [2.24, 2.45) is 0 Å². The second-order valence-corrected chi connectivity index (χ2v) is 6.00. The van der Waals surface area contributed by atoms with Crippen LogP contribution in [0.1, 0.15) is 48.7 Å². The smallest absolute Gasteiger partial charge is 0.265 e. The average molecular weight is 299 g/mol. The fraction of sp³-hybridized carbons (Fsp3) is 0.533. The van der Waals surface area contributed by atoms with Crippen LogP contribution in [-0.2, 0) is 6.42 Å². The van der Waals surface area contributed by atoms with Gasteiger partial charge in [-0.1, -0.05) is 0 Å². The highest BCUT2D eigenvalue weighted by Crippen LogP contribution is 2.29. The molecular formula is C15H23ClN2O2. The molecule has 0 radical (unpaired) electrons. The van der Waals surface area contributed by atoms with E-state index in [-0.39, 0.29) is 23.9 Å². The molecule has 0 saturated carbocycles. The molecule has 0 bridgehead atoms.